The van der Waals surface area contributed by atoms with E-state index in [1.807, 2.05) is 61.0 Å². The summed E-state index contributed by atoms with van der Waals surface area (Å²) in [6.45, 7) is 6.42. The zero-order valence-electron chi connectivity index (χ0n) is 14.8. The van der Waals surface area contributed by atoms with E-state index in [1.54, 1.807) is 12.1 Å². The Bertz CT molecular complexity index is 850. The lowest BCUT2D eigenvalue weighted by Crippen LogP contribution is -2.42. The van der Waals surface area contributed by atoms with Crippen molar-refractivity contribution >= 4 is 11.6 Å². The highest BCUT2D eigenvalue weighted by molar-refractivity contribution is 5.95. The van der Waals surface area contributed by atoms with Gasteiger partial charge in [0.1, 0.15) is 18.0 Å². The Hall–Kier alpha value is -2.82. The maximum absolute atomic E-state index is 12.4. The fraction of sp³-hybridized carbons (Fsp3) is 0.300. The third-order valence-electron chi connectivity index (χ3n) is 4.23. The van der Waals surface area contributed by atoms with Gasteiger partial charge in [-0.15, -0.1) is 0 Å². The second-order valence-electron chi connectivity index (χ2n) is 6.71. The monoisotopic (exact) mass is 337 g/mol. The largest absolute Gasteiger partial charge is 0.487 e. The summed E-state index contributed by atoms with van der Waals surface area (Å²) in [6.07, 6.45) is 4.75. The van der Waals surface area contributed by atoms with Gasteiger partial charge in [0, 0.05) is 23.5 Å². The molecule has 5 nitrogen and oxygen atoms in total. The number of carbonyl (C=O) groups is 1. The maximum Gasteiger partial charge on any atom is 0.251 e. The van der Waals surface area contributed by atoms with E-state index in [1.165, 1.54) is 0 Å². The zero-order chi connectivity index (χ0) is 17.9. The number of hydrogen-bond acceptors (Lipinski definition) is 3. The van der Waals surface area contributed by atoms with Gasteiger partial charge in [0.25, 0.3) is 5.91 Å². The van der Waals surface area contributed by atoms with Crippen LogP contribution in [-0.2, 0) is 6.61 Å². The second kappa shape index (κ2) is 6.97. The Labute approximate surface area is 147 Å². The molecule has 1 N–H and O–H groups in total. The molecule has 3 aromatic rings. The first-order valence-electron chi connectivity index (χ1n) is 8.45. The van der Waals surface area contributed by atoms with Crippen LogP contribution in [0.25, 0.3) is 5.65 Å². The Kier molecular flexibility index (Phi) is 4.74. The van der Waals surface area contributed by atoms with Crippen molar-refractivity contribution in [2.24, 2.45) is 0 Å². The molecular formula is C20H23N3O2. The minimum absolute atomic E-state index is 0.0926. The number of nitrogens with one attached hydrogen (secondary N) is 1. The van der Waals surface area contributed by atoms with Crippen molar-refractivity contribution in [2.75, 3.05) is 0 Å². The molecule has 0 spiro atoms. The molecule has 1 amide bonds. The van der Waals surface area contributed by atoms with Crippen molar-refractivity contribution in [3.63, 3.8) is 0 Å². The minimum atomic E-state index is -0.232. The van der Waals surface area contributed by atoms with Crippen LogP contribution in [0.4, 0.5) is 0 Å². The molecule has 5 heteroatoms. The van der Waals surface area contributed by atoms with Crippen LogP contribution < -0.4 is 10.1 Å². The molecule has 2 heterocycles. The van der Waals surface area contributed by atoms with Crippen LogP contribution in [-0.4, -0.2) is 20.8 Å². The highest BCUT2D eigenvalue weighted by Gasteiger charge is 2.19. The maximum atomic E-state index is 12.4. The molecule has 0 saturated carbocycles. The lowest BCUT2D eigenvalue weighted by Gasteiger charge is -2.24. The summed E-state index contributed by atoms with van der Waals surface area (Å²) in [5, 5.41) is 3.03. The molecule has 0 unspecified atom stereocenters. The topological polar surface area (TPSA) is 55.6 Å². The summed E-state index contributed by atoms with van der Waals surface area (Å²) in [5.74, 6) is 0.559. The zero-order valence-corrected chi connectivity index (χ0v) is 14.8. The van der Waals surface area contributed by atoms with Crippen LogP contribution in [0, 0.1) is 0 Å². The molecule has 0 radical (unpaired) electrons. The summed E-state index contributed by atoms with van der Waals surface area (Å²) in [5.41, 5.74) is 2.09. The van der Waals surface area contributed by atoms with Crippen LogP contribution in [0.3, 0.4) is 0 Å². The van der Waals surface area contributed by atoms with Gasteiger partial charge < -0.3 is 14.5 Å². The van der Waals surface area contributed by atoms with Crippen molar-refractivity contribution in [2.45, 2.75) is 39.3 Å². The van der Waals surface area contributed by atoms with Crippen LogP contribution in [0.2, 0.25) is 0 Å². The van der Waals surface area contributed by atoms with Crippen LogP contribution in [0.1, 0.15) is 43.2 Å². The van der Waals surface area contributed by atoms with Crippen LogP contribution >= 0.6 is 0 Å². The second-order valence-corrected chi connectivity index (χ2v) is 6.71. The van der Waals surface area contributed by atoms with Crippen LogP contribution in [0.15, 0.2) is 54.9 Å². The summed E-state index contributed by atoms with van der Waals surface area (Å²) in [7, 11) is 0. The number of rotatable bonds is 6. The molecule has 3 rings (SSSR count). The number of hydrogen-bond donors (Lipinski definition) is 1. The molecule has 0 aliphatic heterocycles. The Balaban J connectivity index is 1.68. The third kappa shape index (κ3) is 4.18. The normalized spacial score (nSPS) is 11.5. The van der Waals surface area contributed by atoms with Gasteiger partial charge in [0.15, 0.2) is 0 Å². The van der Waals surface area contributed by atoms with Gasteiger partial charge in [0.2, 0.25) is 0 Å². The first-order valence-corrected chi connectivity index (χ1v) is 8.45. The van der Waals surface area contributed by atoms with Crippen molar-refractivity contribution < 1.29 is 9.53 Å². The van der Waals surface area contributed by atoms with Gasteiger partial charge in [-0.1, -0.05) is 19.1 Å². The minimum Gasteiger partial charge on any atom is -0.487 e. The average Bonchev–Trinajstić information content (AvgIpc) is 3.03. The van der Waals surface area contributed by atoms with Gasteiger partial charge in [-0.25, -0.2) is 4.98 Å². The number of nitrogens with zero attached hydrogens (tertiary/aromatic N) is 2. The first-order chi connectivity index (χ1) is 12.0. The predicted molar refractivity (Wildman–Crippen MR) is 97.8 cm³/mol. The fourth-order valence-electron chi connectivity index (χ4n) is 2.41. The Morgan fingerprint density at radius 3 is 2.84 bits per heavy atom. The Morgan fingerprint density at radius 2 is 2.08 bits per heavy atom. The molecule has 2 aromatic heterocycles. The summed E-state index contributed by atoms with van der Waals surface area (Å²) in [4.78, 5) is 16.9. The quantitative estimate of drug-likeness (QED) is 0.744. The fourth-order valence-corrected chi connectivity index (χ4v) is 2.41. The van der Waals surface area contributed by atoms with E-state index < -0.39 is 0 Å². The highest BCUT2D eigenvalue weighted by Crippen LogP contribution is 2.17. The number of imidazole rings is 1. The standard InChI is InChI=1S/C20H23N3O2/c1-4-20(2,3)22-19(24)15-8-7-9-17(12-15)25-14-16-13-23-11-6-5-10-18(23)21-16/h5-13H,4,14H2,1-3H3,(H,22,24). The van der Waals surface area contributed by atoms with Crippen molar-refractivity contribution in [3.8, 4) is 5.75 Å². The number of pyridine rings is 1. The van der Waals surface area contributed by atoms with Crippen molar-refractivity contribution in [3.05, 3.63) is 66.1 Å². The average molecular weight is 337 g/mol. The highest BCUT2D eigenvalue weighted by atomic mass is 16.5. The van der Waals surface area contributed by atoms with E-state index in [0.29, 0.717) is 17.9 Å². The predicted octanol–water partition coefficient (Wildman–Crippen LogP) is 3.83. The van der Waals surface area contributed by atoms with E-state index in [-0.39, 0.29) is 11.4 Å². The van der Waals surface area contributed by atoms with Gasteiger partial charge in [-0.05, 0) is 50.6 Å². The van der Waals surface area contributed by atoms with Crippen molar-refractivity contribution in [1.82, 2.24) is 14.7 Å². The molecule has 0 atom stereocenters. The van der Waals surface area contributed by atoms with Gasteiger partial charge >= 0.3 is 0 Å². The molecule has 0 saturated heterocycles. The van der Waals surface area contributed by atoms with Crippen molar-refractivity contribution in [1.29, 1.82) is 0 Å². The summed E-state index contributed by atoms with van der Waals surface area (Å²) in [6, 6.07) is 13.1. The van der Waals surface area contributed by atoms with Gasteiger partial charge in [-0.2, -0.15) is 0 Å². The van der Waals surface area contributed by atoms with Gasteiger partial charge in [0.05, 0.1) is 5.69 Å². The lowest BCUT2D eigenvalue weighted by atomic mass is 10.0. The van der Waals surface area contributed by atoms with Gasteiger partial charge in [-0.3, -0.25) is 4.79 Å². The van der Waals surface area contributed by atoms with E-state index in [4.69, 9.17) is 4.74 Å². The molecule has 0 fully saturated rings. The Morgan fingerprint density at radius 1 is 1.24 bits per heavy atom. The molecular weight excluding hydrogens is 314 g/mol. The third-order valence-corrected chi connectivity index (χ3v) is 4.23. The SMILES string of the molecule is CCC(C)(C)NC(=O)c1cccc(OCc2cn3ccccc3n2)c1. The van der Waals surface area contributed by atoms with E-state index in [9.17, 15) is 4.79 Å². The molecule has 0 bridgehead atoms. The van der Waals surface area contributed by atoms with E-state index in [2.05, 4.69) is 17.2 Å². The number of amides is 1. The van der Waals surface area contributed by atoms with E-state index in [0.717, 1.165) is 17.8 Å². The number of ether oxygens (including phenoxy) is 1. The number of fused-ring (bicyclic) bond motifs is 1. The smallest absolute Gasteiger partial charge is 0.251 e. The van der Waals surface area contributed by atoms with E-state index >= 15 is 0 Å². The molecule has 1 aromatic carbocycles. The first kappa shape index (κ1) is 17.0. The molecule has 0 aliphatic rings. The number of carbonyl (C=O) groups excluding carboxylic acids is 1. The van der Waals surface area contributed by atoms with Crippen LogP contribution in [0.5, 0.6) is 5.75 Å². The number of aromatic nitrogens is 2. The molecule has 130 valence electrons. The lowest BCUT2D eigenvalue weighted by molar-refractivity contribution is 0.0910. The summed E-state index contributed by atoms with van der Waals surface area (Å²) >= 11 is 0. The number of benzene rings is 1. The molecule has 25 heavy (non-hydrogen) atoms. The summed E-state index contributed by atoms with van der Waals surface area (Å²) < 4.78 is 7.77. The molecule has 0 aliphatic carbocycles.